The van der Waals surface area contributed by atoms with Crippen LogP contribution in [-0.2, 0) is 0 Å². The molecule has 2 aromatic rings. The van der Waals surface area contributed by atoms with Crippen molar-refractivity contribution in [1.82, 2.24) is 14.8 Å². The molecular weight excluding hydrogens is 353 g/mol. The number of halogens is 2. The van der Waals surface area contributed by atoms with Gasteiger partial charge in [-0.3, -0.25) is 4.79 Å². The van der Waals surface area contributed by atoms with E-state index in [9.17, 15) is 4.79 Å². The lowest BCUT2D eigenvalue weighted by Gasteiger charge is -2.08. The van der Waals surface area contributed by atoms with Crippen LogP contribution in [0.2, 0.25) is 10.0 Å². The Balaban J connectivity index is 1.49. The summed E-state index contributed by atoms with van der Waals surface area (Å²) < 4.78 is 2.25. The van der Waals surface area contributed by atoms with E-state index in [1.54, 1.807) is 18.2 Å². The molecule has 0 N–H and O–H groups in total. The second-order valence-corrected chi connectivity index (χ2v) is 7.84. The number of hydrogen-bond acceptors (Lipinski definition) is 4. The van der Waals surface area contributed by atoms with Gasteiger partial charge in [0.05, 0.1) is 10.8 Å². The molecule has 2 aliphatic carbocycles. The number of hydrogen-bond donors (Lipinski definition) is 0. The van der Waals surface area contributed by atoms with Gasteiger partial charge in [0.2, 0.25) is 0 Å². The van der Waals surface area contributed by atoms with Gasteiger partial charge in [0.15, 0.2) is 10.9 Å². The van der Waals surface area contributed by atoms with Crippen molar-refractivity contribution in [2.24, 2.45) is 0 Å². The van der Waals surface area contributed by atoms with Gasteiger partial charge >= 0.3 is 0 Å². The third-order valence-electron chi connectivity index (χ3n) is 4.11. The summed E-state index contributed by atoms with van der Waals surface area (Å²) in [5.74, 6) is 1.96. The third-order valence-corrected chi connectivity index (χ3v) is 5.60. The summed E-state index contributed by atoms with van der Waals surface area (Å²) in [5, 5.41) is 10.4. The fourth-order valence-electron chi connectivity index (χ4n) is 2.61. The van der Waals surface area contributed by atoms with E-state index < -0.39 is 0 Å². The number of aromatic nitrogens is 3. The van der Waals surface area contributed by atoms with Gasteiger partial charge in [0.25, 0.3) is 0 Å². The smallest absolute Gasteiger partial charge is 0.191 e. The van der Waals surface area contributed by atoms with E-state index in [-0.39, 0.29) is 5.78 Å². The van der Waals surface area contributed by atoms with Crippen LogP contribution in [0.4, 0.5) is 0 Å². The number of nitrogens with zero attached hydrogens (tertiary/aromatic N) is 3. The summed E-state index contributed by atoms with van der Waals surface area (Å²) in [6.07, 6.45) is 4.77. The minimum absolute atomic E-state index is 0.0185. The lowest BCUT2D eigenvalue weighted by molar-refractivity contribution is 0.102. The second kappa shape index (κ2) is 6.11. The average molecular weight is 368 g/mol. The van der Waals surface area contributed by atoms with Gasteiger partial charge in [-0.2, -0.15) is 0 Å². The Morgan fingerprint density at radius 1 is 1.22 bits per heavy atom. The molecule has 2 fully saturated rings. The van der Waals surface area contributed by atoms with Crippen LogP contribution in [0.5, 0.6) is 0 Å². The van der Waals surface area contributed by atoms with E-state index in [1.807, 2.05) is 0 Å². The zero-order valence-corrected chi connectivity index (χ0v) is 14.7. The SMILES string of the molecule is O=C(CSc1nnc(C2CC2)n1C1CC1)c1ccc(Cl)cc1Cl. The van der Waals surface area contributed by atoms with Gasteiger partial charge in [-0.15, -0.1) is 10.2 Å². The molecular formula is C16H15Cl2N3OS. The molecule has 0 amide bonds. The van der Waals surface area contributed by atoms with Crippen LogP contribution in [0.1, 0.15) is 53.8 Å². The van der Waals surface area contributed by atoms with Crippen molar-refractivity contribution in [3.8, 4) is 0 Å². The first-order chi connectivity index (χ1) is 11.1. The minimum Gasteiger partial charge on any atom is -0.303 e. The molecule has 7 heteroatoms. The van der Waals surface area contributed by atoms with Crippen LogP contribution in [0.25, 0.3) is 0 Å². The molecule has 0 spiro atoms. The largest absolute Gasteiger partial charge is 0.303 e. The van der Waals surface area contributed by atoms with E-state index >= 15 is 0 Å². The van der Waals surface area contributed by atoms with Crippen molar-refractivity contribution in [3.63, 3.8) is 0 Å². The Kier molecular flexibility index (Phi) is 4.12. The lowest BCUT2D eigenvalue weighted by atomic mass is 10.1. The Morgan fingerprint density at radius 3 is 2.65 bits per heavy atom. The van der Waals surface area contributed by atoms with Gasteiger partial charge in [-0.25, -0.2) is 0 Å². The second-order valence-electron chi connectivity index (χ2n) is 6.05. The van der Waals surface area contributed by atoms with Crippen LogP contribution in [0.3, 0.4) is 0 Å². The van der Waals surface area contributed by atoms with Gasteiger partial charge in [0, 0.05) is 22.5 Å². The zero-order valence-electron chi connectivity index (χ0n) is 12.3. The van der Waals surface area contributed by atoms with E-state index in [1.165, 1.54) is 37.4 Å². The van der Waals surface area contributed by atoms with Crippen molar-refractivity contribution in [3.05, 3.63) is 39.6 Å². The highest BCUT2D eigenvalue weighted by molar-refractivity contribution is 7.99. The van der Waals surface area contributed by atoms with Crippen molar-refractivity contribution in [2.75, 3.05) is 5.75 Å². The molecule has 4 rings (SSSR count). The summed E-state index contributed by atoms with van der Waals surface area (Å²) in [5.41, 5.74) is 0.503. The van der Waals surface area contributed by atoms with Crippen LogP contribution >= 0.6 is 35.0 Å². The molecule has 2 saturated carbocycles. The van der Waals surface area contributed by atoms with Crippen LogP contribution < -0.4 is 0 Å². The van der Waals surface area contributed by atoms with E-state index in [0.29, 0.717) is 33.3 Å². The molecule has 0 aliphatic heterocycles. The molecule has 0 bridgehead atoms. The van der Waals surface area contributed by atoms with Crippen molar-refractivity contribution >= 4 is 40.7 Å². The Bertz CT molecular complexity index is 769. The highest BCUT2D eigenvalue weighted by Crippen LogP contribution is 2.46. The zero-order chi connectivity index (χ0) is 16.0. The molecule has 1 aromatic heterocycles. The molecule has 1 heterocycles. The van der Waals surface area contributed by atoms with Gasteiger partial charge in [-0.1, -0.05) is 35.0 Å². The first kappa shape index (κ1) is 15.5. The molecule has 120 valence electrons. The molecule has 23 heavy (non-hydrogen) atoms. The molecule has 0 atom stereocenters. The Hall–Kier alpha value is -1.04. The normalized spacial score (nSPS) is 17.5. The number of carbonyl (C=O) groups excluding carboxylic acids is 1. The highest BCUT2D eigenvalue weighted by Gasteiger charge is 2.36. The molecule has 1 aromatic carbocycles. The fraction of sp³-hybridized carbons (Fsp3) is 0.438. The fourth-order valence-corrected chi connectivity index (χ4v) is 4.02. The van der Waals surface area contributed by atoms with Gasteiger partial charge < -0.3 is 4.57 Å². The van der Waals surface area contributed by atoms with Crippen molar-refractivity contribution in [1.29, 1.82) is 0 Å². The first-order valence-electron chi connectivity index (χ1n) is 7.69. The summed E-state index contributed by atoms with van der Waals surface area (Å²) in [4.78, 5) is 12.4. The number of benzene rings is 1. The maximum atomic E-state index is 12.4. The molecule has 4 nitrogen and oxygen atoms in total. The maximum Gasteiger partial charge on any atom is 0.191 e. The monoisotopic (exact) mass is 367 g/mol. The average Bonchev–Trinajstić information content (AvgIpc) is 3.43. The summed E-state index contributed by atoms with van der Waals surface area (Å²) in [7, 11) is 0. The molecule has 0 radical (unpaired) electrons. The van der Waals surface area contributed by atoms with Gasteiger partial charge in [0.1, 0.15) is 5.82 Å². The van der Waals surface area contributed by atoms with Crippen molar-refractivity contribution < 1.29 is 4.79 Å². The van der Waals surface area contributed by atoms with E-state index in [0.717, 1.165) is 11.0 Å². The number of Topliss-reactive ketones (excluding diaryl/α,β-unsaturated/α-hetero) is 1. The minimum atomic E-state index is -0.0185. The standard InChI is InChI=1S/C16H15Cl2N3OS/c17-10-3-6-12(13(18)7-10)14(22)8-23-16-20-19-15(9-1-2-9)21(16)11-4-5-11/h3,6-7,9,11H,1-2,4-5,8H2. The summed E-state index contributed by atoms with van der Waals surface area (Å²) in [6, 6.07) is 5.48. The Morgan fingerprint density at radius 2 is 2.00 bits per heavy atom. The number of carbonyl (C=O) groups is 1. The molecule has 0 unspecified atom stereocenters. The predicted molar refractivity (Wildman–Crippen MR) is 91.8 cm³/mol. The quantitative estimate of drug-likeness (QED) is 0.544. The number of rotatable bonds is 6. The third kappa shape index (κ3) is 3.28. The van der Waals surface area contributed by atoms with Crippen molar-refractivity contribution in [2.45, 2.75) is 42.8 Å². The predicted octanol–water partition coefficient (Wildman–Crippen LogP) is 4.77. The number of ketones is 1. The summed E-state index contributed by atoms with van der Waals surface area (Å²) in [6.45, 7) is 0. The van der Waals surface area contributed by atoms with Crippen LogP contribution in [-0.4, -0.2) is 26.3 Å². The lowest BCUT2D eigenvalue weighted by Crippen LogP contribution is -2.06. The Labute approximate surface area is 148 Å². The molecule has 2 aliphatic rings. The van der Waals surface area contributed by atoms with Crippen LogP contribution in [0, 0.1) is 0 Å². The maximum absolute atomic E-state index is 12.4. The van der Waals surface area contributed by atoms with Crippen LogP contribution in [0.15, 0.2) is 23.4 Å². The number of thioether (sulfide) groups is 1. The summed E-state index contributed by atoms with van der Waals surface area (Å²) >= 11 is 13.4. The topological polar surface area (TPSA) is 47.8 Å². The molecule has 0 saturated heterocycles. The first-order valence-corrected chi connectivity index (χ1v) is 9.43. The van der Waals surface area contributed by atoms with E-state index in [4.69, 9.17) is 23.2 Å². The van der Waals surface area contributed by atoms with Gasteiger partial charge in [-0.05, 0) is 43.9 Å². The van der Waals surface area contributed by atoms with E-state index in [2.05, 4.69) is 14.8 Å². The highest BCUT2D eigenvalue weighted by atomic mass is 35.5.